The molecule has 0 aromatic carbocycles. The molecule has 1 fully saturated rings. The van der Waals surface area contributed by atoms with E-state index in [2.05, 4.69) is 34.1 Å². The van der Waals surface area contributed by atoms with Gasteiger partial charge in [0.2, 0.25) is 0 Å². The molecule has 0 unspecified atom stereocenters. The fourth-order valence-electron chi connectivity index (χ4n) is 2.61. The molecular formula is C15H25N5O. The molecule has 116 valence electrons. The smallest absolute Gasteiger partial charge is 0.266 e. The van der Waals surface area contributed by atoms with Crippen molar-refractivity contribution in [2.75, 3.05) is 32.7 Å². The van der Waals surface area contributed by atoms with E-state index in [0.717, 1.165) is 44.3 Å². The van der Waals surface area contributed by atoms with Crippen molar-refractivity contribution in [2.45, 2.75) is 20.4 Å². The largest absolute Gasteiger partial charge is 0.301 e. The predicted molar refractivity (Wildman–Crippen MR) is 82.4 cm³/mol. The summed E-state index contributed by atoms with van der Waals surface area (Å²) in [6.45, 7) is 10.9. The van der Waals surface area contributed by atoms with Crippen LogP contribution in [0.15, 0.2) is 18.3 Å². The number of hydrazine groups is 1. The first-order valence-corrected chi connectivity index (χ1v) is 7.49. The van der Waals surface area contributed by atoms with Crippen LogP contribution >= 0.6 is 0 Å². The molecule has 0 spiro atoms. The molecule has 1 saturated heterocycles. The van der Waals surface area contributed by atoms with Gasteiger partial charge in [-0.15, -0.1) is 0 Å². The van der Waals surface area contributed by atoms with Gasteiger partial charge in [0, 0.05) is 45.5 Å². The zero-order valence-electron chi connectivity index (χ0n) is 12.9. The Labute approximate surface area is 126 Å². The number of pyridine rings is 1. The number of carbonyl (C=O) groups is 1. The Kier molecular flexibility index (Phi) is 5.67. The van der Waals surface area contributed by atoms with Crippen LogP contribution in [0.4, 0.5) is 0 Å². The second-order valence-corrected chi connectivity index (χ2v) is 5.98. The monoisotopic (exact) mass is 291 g/mol. The number of amides is 1. The van der Waals surface area contributed by atoms with Crippen molar-refractivity contribution in [1.29, 1.82) is 0 Å². The van der Waals surface area contributed by atoms with Crippen molar-refractivity contribution in [3.05, 3.63) is 29.6 Å². The minimum Gasteiger partial charge on any atom is -0.301 e. The van der Waals surface area contributed by atoms with Crippen molar-refractivity contribution < 1.29 is 4.79 Å². The van der Waals surface area contributed by atoms with Crippen molar-refractivity contribution in [3.8, 4) is 0 Å². The van der Waals surface area contributed by atoms with Gasteiger partial charge in [0.25, 0.3) is 5.91 Å². The van der Waals surface area contributed by atoms with Crippen molar-refractivity contribution in [2.24, 2.45) is 11.8 Å². The zero-order chi connectivity index (χ0) is 15.2. The minimum absolute atomic E-state index is 0.309. The highest BCUT2D eigenvalue weighted by atomic mass is 16.2. The molecule has 0 bridgehead atoms. The third-order valence-corrected chi connectivity index (χ3v) is 3.69. The summed E-state index contributed by atoms with van der Waals surface area (Å²) in [5.41, 5.74) is 3.58. The van der Waals surface area contributed by atoms with E-state index in [1.165, 1.54) is 6.54 Å². The van der Waals surface area contributed by atoms with Gasteiger partial charge in [-0.05, 0) is 18.1 Å². The van der Waals surface area contributed by atoms with Crippen LogP contribution in [0.25, 0.3) is 0 Å². The molecule has 1 aromatic rings. The van der Waals surface area contributed by atoms with Crippen LogP contribution in [0, 0.1) is 5.92 Å². The summed E-state index contributed by atoms with van der Waals surface area (Å²) in [6.07, 6.45) is 1.58. The molecule has 0 radical (unpaired) electrons. The van der Waals surface area contributed by atoms with E-state index in [0.29, 0.717) is 5.56 Å². The van der Waals surface area contributed by atoms with E-state index in [1.807, 2.05) is 6.07 Å². The first kappa shape index (κ1) is 15.9. The van der Waals surface area contributed by atoms with Crippen molar-refractivity contribution in [1.82, 2.24) is 20.2 Å². The molecule has 2 rings (SSSR count). The molecule has 0 saturated carbocycles. The number of nitrogens with zero attached hydrogens (tertiary/aromatic N) is 3. The second kappa shape index (κ2) is 7.49. The van der Waals surface area contributed by atoms with E-state index in [1.54, 1.807) is 12.3 Å². The van der Waals surface area contributed by atoms with Crippen LogP contribution in [0.3, 0.4) is 0 Å². The molecule has 0 atom stereocenters. The van der Waals surface area contributed by atoms with E-state index in [9.17, 15) is 4.79 Å². The Bertz CT molecular complexity index is 452. The van der Waals surface area contributed by atoms with Gasteiger partial charge in [0.15, 0.2) is 0 Å². The van der Waals surface area contributed by atoms with Crippen LogP contribution in [0.2, 0.25) is 0 Å². The maximum Gasteiger partial charge on any atom is 0.266 e. The van der Waals surface area contributed by atoms with Gasteiger partial charge in [0.1, 0.15) is 0 Å². The Morgan fingerprint density at radius 1 is 1.29 bits per heavy atom. The second-order valence-electron chi connectivity index (χ2n) is 5.98. The number of hydrogen-bond acceptors (Lipinski definition) is 5. The minimum atomic E-state index is -0.309. The van der Waals surface area contributed by atoms with Crippen LogP contribution in [0.5, 0.6) is 0 Å². The number of aromatic nitrogens is 1. The maximum atomic E-state index is 11.3. The molecule has 6 heteroatoms. The third kappa shape index (κ3) is 4.77. The van der Waals surface area contributed by atoms with Gasteiger partial charge in [-0.25, -0.2) is 5.84 Å². The molecule has 1 aliphatic rings. The number of rotatable bonds is 5. The third-order valence-electron chi connectivity index (χ3n) is 3.69. The van der Waals surface area contributed by atoms with Crippen molar-refractivity contribution in [3.63, 3.8) is 0 Å². The van der Waals surface area contributed by atoms with Gasteiger partial charge < -0.3 is 4.90 Å². The molecular weight excluding hydrogens is 266 g/mol. The van der Waals surface area contributed by atoms with Gasteiger partial charge in [-0.2, -0.15) is 0 Å². The Balaban J connectivity index is 1.82. The summed E-state index contributed by atoms with van der Waals surface area (Å²) in [5, 5.41) is 0. The van der Waals surface area contributed by atoms with Crippen LogP contribution in [-0.4, -0.2) is 53.4 Å². The highest BCUT2D eigenvalue weighted by molar-refractivity contribution is 5.93. The van der Waals surface area contributed by atoms with Crippen LogP contribution in [-0.2, 0) is 6.54 Å². The van der Waals surface area contributed by atoms with Gasteiger partial charge in [-0.3, -0.25) is 20.1 Å². The molecule has 1 amide bonds. The maximum absolute atomic E-state index is 11.3. The number of carbonyl (C=O) groups excluding carboxylic acids is 1. The van der Waals surface area contributed by atoms with E-state index < -0.39 is 0 Å². The predicted octanol–water partition coefficient (Wildman–Crippen LogP) is 0.459. The first-order chi connectivity index (χ1) is 10.1. The van der Waals surface area contributed by atoms with Crippen molar-refractivity contribution >= 4 is 5.91 Å². The number of piperazine rings is 1. The Morgan fingerprint density at radius 2 is 1.95 bits per heavy atom. The zero-order valence-corrected chi connectivity index (χ0v) is 12.9. The van der Waals surface area contributed by atoms with Gasteiger partial charge >= 0.3 is 0 Å². The molecule has 6 nitrogen and oxygen atoms in total. The lowest BCUT2D eigenvalue weighted by Gasteiger charge is -2.35. The van der Waals surface area contributed by atoms with E-state index in [-0.39, 0.29) is 5.91 Å². The average molecular weight is 291 g/mol. The fraction of sp³-hybridized carbons (Fsp3) is 0.600. The number of nitrogen functional groups attached to an aromatic ring is 1. The quantitative estimate of drug-likeness (QED) is 0.468. The standard InChI is InChI=1S/C15H25N5O/c1-12(2)10-19-5-7-20(8-6-19)11-14-4-3-13(9-17-14)15(21)18-16/h3-4,9,12H,5-8,10-11,16H2,1-2H3,(H,18,21). The first-order valence-electron chi connectivity index (χ1n) is 7.49. The summed E-state index contributed by atoms with van der Waals surface area (Å²) < 4.78 is 0. The SMILES string of the molecule is CC(C)CN1CCN(Cc2ccc(C(=O)NN)cn2)CC1. The average Bonchev–Trinajstić information content (AvgIpc) is 2.49. The Hall–Kier alpha value is -1.50. The summed E-state index contributed by atoms with van der Waals surface area (Å²) in [7, 11) is 0. The number of hydrogen-bond donors (Lipinski definition) is 2. The molecule has 0 aliphatic carbocycles. The molecule has 1 aromatic heterocycles. The highest BCUT2D eigenvalue weighted by Gasteiger charge is 2.17. The van der Waals surface area contributed by atoms with E-state index in [4.69, 9.17) is 5.84 Å². The number of nitrogens with one attached hydrogen (secondary N) is 1. The fourth-order valence-corrected chi connectivity index (χ4v) is 2.61. The molecule has 2 heterocycles. The summed E-state index contributed by atoms with van der Waals surface area (Å²) in [5.74, 6) is 5.51. The lowest BCUT2D eigenvalue weighted by molar-refractivity contribution is 0.0953. The van der Waals surface area contributed by atoms with Crippen LogP contribution < -0.4 is 11.3 Å². The normalized spacial score (nSPS) is 17.1. The van der Waals surface area contributed by atoms with Crippen LogP contribution in [0.1, 0.15) is 29.9 Å². The van der Waals surface area contributed by atoms with Gasteiger partial charge in [0.05, 0.1) is 11.3 Å². The Morgan fingerprint density at radius 3 is 2.48 bits per heavy atom. The molecule has 1 aliphatic heterocycles. The molecule has 21 heavy (non-hydrogen) atoms. The topological polar surface area (TPSA) is 74.5 Å². The summed E-state index contributed by atoms with van der Waals surface area (Å²) in [4.78, 5) is 20.6. The lowest BCUT2D eigenvalue weighted by Crippen LogP contribution is -2.46. The molecule has 3 N–H and O–H groups in total. The van der Waals surface area contributed by atoms with E-state index >= 15 is 0 Å². The summed E-state index contributed by atoms with van der Waals surface area (Å²) >= 11 is 0. The number of nitrogens with two attached hydrogens (primary N) is 1. The highest BCUT2D eigenvalue weighted by Crippen LogP contribution is 2.09. The summed E-state index contributed by atoms with van der Waals surface area (Å²) in [6, 6.07) is 3.66. The lowest BCUT2D eigenvalue weighted by atomic mass is 10.2. The van der Waals surface area contributed by atoms with Gasteiger partial charge in [-0.1, -0.05) is 13.8 Å².